The van der Waals surface area contributed by atoms with Crippen LogP contribution in [0.1, 0.15) is 6.42 Å². The molecule has 2 aromatic rings. The molecule has 0 amide bonds. The van der Waals surface area contributed by atoms with Crippen LogP contribution in [0.2, 0.25) is 0 Å². The van der Waals surface area contributed by atoms with Crippen LogP contribution in [0.4, 0.5) is 0 Å². The fourth-order valence-corrected chi connectivity index (χ4v) is 1.65. The van der Waals surface area contributed by atoms with E-state index >= 15 is 0 Å². The standard InChI is InChI=1S/C16H19NO3/c17-13(12-18)10-11-19-14-6-8-16(9-7-14)20-15-4-2-1-3-5-15/h1-9,13,18H,10-12,17H2. The molecule has 2 aromatic carbocycles. The van der Waals surface area contributed by atoms with Gasteiger partial charge in [0.2, 0.25) is 0 Å². The molecule has 0 heterocycles. The van der Waals surface area contributed by atoms with Crippen LogP contribution in [0.3, 0.4) is 0 Å². The van der Waals surface area contributed by atoms with E-state index in [4.69, 9.17) is 20.3 Å². The molecule has 4 heteroatoms. The average molecular weight is 273 g/mol. The molecule has 0 spiro atoms. The molecule has 106 valence electrons. The molecule has 0 saturated heterocycles. The molecule has 0 saturated carbocycles. The van der Waals surface area contributed by atoms with Crippen molar-refractivity contribution >= 4 is 0 Å². The van der Waals surface area contributed by atoms with Crippen LogP contribution in [-0.2, 0) is 0 Å². The first-order valence-electron chi connectivity index (χ1n) is 6.60. The van der Waals surface area contributed by atoms with Gasteiger partial charge in [-0.2, -0.15) is 0 Å². The highest BCUT2D eigenvalue weighted by atomic mass is 16.5. The van der Waals surface area contributed by atoms with Gasteiger partial charge in [-0.15, -0.1) is 0 Å². The number of rotatable bonds is 7. The third kappa shape index (κ3) is 4.57. The van der Waals surface area contributed by atoms with Gasteiger partial charge in [-0.1, -0.05) is 18.2 Å². The van der Waals surface area contributed by atoms with E-state index in [-0.39, 0.29) is 12.6 Å². The number of ether oxygens (including phenoxy) is 2. The Morgan fingerprint density at radius 1 is 0.900 bits per heavy atom. The molecule has 0 aromatic heterocycles. The van der Waals surface area contributed by atoms with Crippen molar-refractivity contribution in [3.63, 3.8) is 0 Å². The highest BCUT2D eigenvalue weighted by Gasteiger charge is 2.01. The minimum Gasteiger partial charge on any atom is -0.494 e. The summed E-state index contributed by atoms with van der Waals surface area (Å²) >= 11 is 0. The zero-order valence-corrected chi connectivity index (χ0v) is 11.2. The van der Waals surface area contributed by atoms with Gasteiger partial charge in [-0.05, 0) is 42.8 Å². The Kier molecular flexibility index (Phi) is 5.41. The van der Waals surface area contributed by atoms with Gasteiger partial charge in [-0.25, -0.2) is 0 Å². The van der Waals surface area contributed by atoms with E-state index < -0.39 is 0 Å². The zero-order chi connectivity index (χ0) is 14.2. The van der Waals surface area contributed by atoms with Gasteiger partial charge < -0.3 is 20.3 Å². The van der Waals surface area contributed by atoms with Crippen molar-refractivity contribution in [3.05, 3.63) is 54.6 Å². The Bertz CT molecular complexity index is 499. The van der Waals surface area contributed by atoms with Crippen LogP contribution in [-0.4, -0.2) is 24.4 Å². The molecule has 0 aliphatic carbocycles. The van der Waals surface area contributed by atoms with Crippen molar-refractivity contribution in [1.82, 2.24) is 0 Å². The lowest BCUT2D eigenvalue weighted by Crippen LogP contribution is -2.26. The molecule has 0 fully saturated rings. The second kappa shape index (κ2) is 7.53. The number of aliphatic hydroxyl groups is 1. The number of hydrogen-bond donors (Lipinski definition) is 2. The molecule has 1 unspecified atom stereocenters. The number of benzene rings is 2. The molecule has 0 aliphatic heterocycles. The van der Waals surface area contributed by atoms with E-state index in [1.54, 1.807) is 0 Å². The molecule has 0 bridgehead atoms. The van der Waals surface area contributed by atoms with Crippen molar-refractivity contribution < 1.29 is 14.6 Å². The topological polar surface area (TPSA) is 64.7 Å². The van der Waals surface area contributed by atoms with E-state index in [2.05, 4.69) is 0 Å². The summed E-state index contributed by atoms with van der Waals surface area (Å²) in [5.41, 5.74) is 5.60. The first-order valence-corrected chi connectivity index (χ1v) is 6.60. The third-order valence-electron chi connectivity index (χ3n) is 2.79. The summed E-state index contributed by atoms with van der Waals surface area (Å²) in [5, 5.41) is 8.81. The normalized spacial score (nSPS) is 11.9. The predicted octanol–water partition coefficient (Wildman–Crippen LogP) is 2.57. The van der Waals surface area contributed by atoms with Gasteiger partial charge in [-0.3, -0.25) is 0 Å². The number of nitrogens with two attached hydrogens (primary N) is 1. The summed E-state index contributed by atoms with van der Waals surface area (Å²) in [7, 11) is 0. The van der Waals surface area contributed by atoms with Crippen LogP contribution in [0.25, 0.3) is 0 Å². The van der Waals surface area contributed by atoms with Crippen molar-refractivity contribution in [2.75, 3.05) is 13.2 Å². The minimum atomic E-state index is -0.226. The first-order chi connectivity index (χ1) is 9.78. The van der Waals surface area contributed by atoms with Crippen LogP contribution in [0.15, 0.2) is 54.6 Å². The number of hydrogen-bond acceptors (Lipinski definition) is 4. The fourth-order valence-electron chi connectivity index (χ4n) is 1.65. The summed E-state index contributed by atoms with van der Waals surface area (Å²) in [4.78, 5) is 0. The summed E-state index contributed by atoms with van der Waals surface area (Å²) in [6.07, 6.45) is 0.624. The molecule has 1 atom stereocenters. The van der Waals surface area contributed by atoms with Crippen LogP contribution >= 0.6 is 0 Å². The zero-order valence-electron chi connectivity index (χ0n) is 11.2. The van der Waals surface area contributed by atoms with Crippen molar-refractivity contribution in [2.24, 2.45) is 5.73 Å². The lowest BCUT2D eigenvalue weighted by atomic mass is 10.2. The summed E-state index contributed by atoms with van der Waals surface area (Å²) < 4.78 is 11.2. The molecule has 4 nitrogen and oxygen atoms in total. The Labute approximate surface area is 118 Å². The quantitative estimate of drug-likeness (QED) is 0.813. The third-order valence-corrected chi connectivity index (χ3v) is 2.79. The fraction of sp³-hybridized carbons (Fsp3) is 0.250. The lowest BCUT2D eigenvalue weighted by Gasteiger charge is -2.10. The maximum absolute atomic E-state index is 8.81. The Morgan fingerprint density at radius 2 is 1.50 bits per heavy atom. The van der Waals surface area contributed by atoms with Crippen molar-refractivity contribution in [2.45, 2.75) is 12.5 Å². The SMILES string of the molecule is NC(CO)CCOc1ccc(Oc2ccccc2)cc1. The summed E-state index contributed by atoms with van der Waals surface area (Å²) in [6, 6.07) is 16.8. The van der Waals surface area contributed by atoms with E-state index in [1.807, 2.05) is 54.6 Å². The average Bonchev–Trinajstić information content (AvgIpc) is 2.50. The molecule has 2 rings (SSSR count). The van der Waals surface area contributed by atoms with Gasteiger partial charge >= 0.3 is 0 Å². The van der Waals surface area contributed by atoms with E-state index in [0.717, 1.165) is 17.2 Å². The number of para-hydroxylation sites is 1. The molecule has 20 heavy (non-hydrogen) atoms. The Balaban J connectivity index is 1.84. The van der Waals surface area contributed by atoms with Crippen LogP contribution in [0.5, 0.6) is 17.2 Å². The van der Waals surface area contributed by atoms with Crippen molar-refractivity contribution in [3.8, 4) is 17.2 Å². The largest absolute Gasteiger partial charge is 0.494 e. The van der Waals surface area contributed by atoms with E-state index in [9.17, 15) is 0 Å². The van der Waals surface area contributed by atoms with Crippen LogP contribution < -0.4 is 15.2 Å². The maximum Gasteiger partial charge on any atom is 0.127 e. The second-order valence-corrected chi connectivity index (χ2v) is 4.47. The van der Waals surface area contributed by atoms with Gasteiger partial charge in [0.15, 0.2) is 0 Å². The Hall–Kier alpha value is -2.04. The van der Waals surface area contributed by atoms with Gasteiger partial charge in [0.25, 0.3) is 0 Å². The van der Waals surface area contributed by atoms with Gasteiger partial charge in [0, 0.05) is 6.04 Å². The Morgan fingerprint density at radius 3 is 2.15 bits per heavy atom. The monoisotopic (exact) mass is 273 g/mol. The molecule has 3 N–H and O–H groups in total. The minimum absolute atomic E-state index is 0.0206. The maximum atomic E-state index is 8.81. The van der Waals surface area contributed by atoms with Gasteiger partial charge in [0.1, 0.15) is 17.2 Å². The number of aliphatic hydroxyl groups excluding tert-OH is 1. The molecular formula is C16H19NO3. The smallest absolute Gasteiger partial charge is 0.127 e. The second-order valence-electron chi connectivity index (χ2n) is 4.47. The van der Waals surface area contributed by atoms with Gasteiger partial charge in [0.05, 0.1) is 13.2 Å². The lowest BCUT2D eigenvalue weighted by molar-refractivity contribution is 0.230. The molecular weight excluding hydrogens is 254 g/mol. The molecule has 0 aliphatic rings. The first kappa shape index (κ1) is 14.4. The summed E-state index contributed by atoms with van der Waals surface area (Å²) in [6.45, 7) is 0.466. The van der Waals surface area contributed by atoms with Crippen LogP contribution in [0, 0.1) is 0 Å². The summed E-state index contributed by atoms with van der Waals surface area (Å²) in [5.74, 6) is 2.32. The molecule has 0 radical (unpaired) electrons. The van der Waals surface area contributed by atoms with E-state index in [1.165, 1.54) is 0 Å². The highest BCUT2D eigenvalue weighted by Crippen LogP contribution is 2.23. The predicted molar refractivity (Wildman–Crippen MR) is 78.1 cm³/mol. The van der Waals surface area contributed by atoms with E-state index in [0.29, 0.717) is 13.0 Å². The highest BCUT2D eigenvalue weighted by molar-refractivity contribution is 5.35. The van der Waals surface area contributed by atoms with Crippen molar-refractivity contribution in [1.29, 1.82) is 0 Å².